The zero-order valence-electron chi connectivity index (χ0n) is 15.1. The molecule has 0 N–H and O–H groups in total. The van der Waals surface area contributed by atoms with Crippen molar-refractivity contribution in [2.45, 2.75) is 52.6 Å². The van der Waals surface area contributed by atoms with Crippen LogP contribution in [0.2, 0.25) is 0 Å². The van der Waals surface area contributed by atoms with E-state index in [4.69, 9.17) is 0 Å². The average molecular weight is 328 g/mol. The second kappa shape index (κ2) is 6.28. The van der Waals surface area contributed by atoms with Crippen LogP contribution in [0, 0.1) is 10.1 Å². The van der Waals surface area contributed by atoms with Gasteiger partial charge in [-0.25, -0.2) is 4.98 Å². The molecule has 0 saturated carbocycles. The first-order chi connectivity index (χ1) is 11.0. The molecular formula is C18H24N4O2. The van der Waals surface area contributed by atoms with Crippen molar-refractivity contribution < 1.29 is 4.76 Å². The molecule has 2 rings (SSSR count). The Balaban J connectivity index is 2.32. The van der Waals surface area contributed by atoms with Gasteiger partial charge in [-0.1, -0.05) is 11.0 Å². The van der Waals surface area contributed by atoms with Gasteiger partial charge in [0, 0.05) is 17.2 Å². The molecule has 24 heavy (non-hydrogen) atoms. The van der Waals surface area contributed by atoms with E-state index < -0.39 is 11.1 Å². The van der Waals surface area contributed by atoms with E-state index in [0.717, 1.165) is 15.4 Å². The van der Waals surface area contributed by atoms with Crippen molar-refractivity contribution in [2.75, 3.05) is 5.06 Å². The Morgan fingerprint density at radius 2 is 1.71 bits per heavy atom. The lowest BCUT2D eigenvalue weighted by Crippen LogP contribution is -2.37. The normalized spacial score (nSPS) is 12.1. The number of aromatic nitrogens is 2. The summed E-state index contributed by atoms with van der Waals surface area (Å²) in [4.78, 5) is 20.8. The van der Waals surface area contributed by atoms with Gasteiger partial charge in [-0.05, 0) is 69.5 Å². The molecule has 128 valence electrons. The van der Waals surface area contributed by atoms with Crippen LogP contribution in [0.4, 0.5) is 11.6 Å². The second-order valence-corrected chi connectivity index (χ2v) is 7.72. The molecule has 0 spiro atoms. The fourth-order valence-electron chi connectivity index (χ4n) is 2.04. The summed E-state index contributed by atoms with van der Waals surface area (Å²) < 4.78 is 0.875. The molecular weight excluding hydrogens is 304 g/mol. The number of pyridine rings is 2. The highest BCUT2D eigenvalue weighted by molar-refractivity contribution is 5.61. The molecule has 6 nitrogen and oxygen atoms in total. The van der Waals surface area contributed by atoms with Crippen LogP contribution < -0.4 is 5.06 Å². The predicted octanol–water partition coefficient (Wildman–Crippen LogP) is 4.46. The molecule has 6 heteroatoms. The molecule has 0 fully saturated rings. The summed E-state index contributed by atoms with van der Waals surface area (Å²) in [6.45, 7) is 11.0. The molecule has 0 amide bonds. The van der Waals surface area contributed by atoms with E-state index in [1.165, 1.54) is 0 Å². The Morgan fingerprint density at radius 1 is 1.04 bits per heavy atom. The van der Waals surface area contributed by atoms with Gasteiger partial charge in [0.15, 0.2) is 0 Å². The number of hydroxylamine groups is 1. The minimum Gasteiger partial charge on any atom is -0.757 e. The molecule has 2 aromatic rings. The third kappa shape index (κ3) is 3.94. The zero-order chi connectivity index (χ0) is 18.1. The van der Waals surface area contributed by atoms with E-state index in [1.54, 1.807) is 30.5 Å². The van der Waals surface area contributed by atoms with Crippen LogP contribution in [0.1, 0.15) is 41.5 Å². The number of hydrogen-bond acceptors (Lipinski definition) is 5. The molecule has 0 aliphatic rings. The Hall–Kier alpha value is -2.34. The van der Waals surface area contributed by atoms with Crippen LogP contribution in [0.3, 0.4) is 0 Å². The maximum Gasteiger partial charge on any atom is 0.361 e. The molecule has 0 atom stereocenters. The van der Waals surface area contributed by atoms with Crippen LogP contribution in [-0.4, -0.2) is 25.8 Å². The van der Waals surface area contributed by atoms with Gasteiger partial charge < -0.3 is 10.3 Å². The molecule has 2 aromatic heterocycles. The minimum atomic E-state index is -0.566. The summed E-state index contributed by atoms with van der Waals surface area (Å²) in [5.74, 6) is 0.701. The van der Waals surface area contributed by atoms with Crippen molar-refractivity contribution in [2.24, 2.45) is 0 Å². The molecule has 0 unspecified atom stereocenters. The van der Waals surface area contributed by atoms with Crippen molar-refractivity contribution in [3.63, 3.8) is 0 Å². The van der Waals surface area contributed by atoms with Gasteiger partial charge in [-0.15, -0.1) is 0 Å². The largest absolute Gasteiger partial charge is 0.757 e. The lowest BCUT2D eigenvalue weighted by atomic mass is 10.1. The van der Waals surface area contributed by atoms with Crippen molar-refractivity contribution in [1.82, 2.24) is 9.97 Å². The van der Waals surface area contributed by atoms with Gasteiger partial charge in [0.05, 0.1) is 5.69 Å². The summed E-state index contributed by atoms with van der Waals surface area (Å²) in [6, 6.07) is 8.74. The summed E-state index contributed by atoms with van der Waals surface area (Å²) in [7, 11) is 0. The number of nitrogens with zero attached hydrogens (tertiary/aromatic N) is 4. The molecule has 0 radical (unpaired) electrons. The predicted molar refractivity (Wildman–Crippen MR) is 96.1 cm³/mol. The molecule has 0 bridgehead atoms. The first kappa shape index (κ1) is 18.0. The third-order valence-corrected chi connectivity index (χ3v) is 3.41. The highest BCUT2D eigenvalue weighted by atomic mass is 16.5. The van der Waals surface area contributed by atoms with Crippen LogP contribution >= 0.6 is 0 Å². The SMILES string of the molecule is CC(C)(C)N([O-])c1cccc(-c2ccc([N+](=O)C(C)(C)C)nc2)n1. The molecule has 0 aliphatic carbocycles. The number of nitroso groups, excluding NO2 is 1. The van der Waals surface area contributed by atoms with E-state index in [0.29, 0.717) is 17.3 Å². The summed E-state index contributed by atoms with van der Waals surface area (Å²) in [5, 5.41) is 13.2. The smallest absolute Gasteiger partial charge is 0.361 e. The fourth-order valence-corrected chi connectivity index (χ4v) is 2.04. The maximum atomic E-state index is 12.3. The van der Waals surface area contributed by atoms with Crippen LogP contribution in [0.25, 0.3) is 11.3 Å². The number of hydrogen-bond donors (Lipinski definition) is 0. The Bertz CT molecular complexity index is 728. The van der Waals surface area contributed by atoms with E-state index in [2.05, 4.69) is 9.97 Å². The minimum absolute atomic E-state index is 0.350. The van der Waals surface area contributed by atoms with Crippen molar-refractivity contribution >= 4 is 11.6 Å². The van der Waals surface area contributed by atoms with Gasteiger partial charge >= 0.3 is 5.82 Å². The van der Waals surface area contributed by atoms with Crippen molar-refractivity contribution in [3.05, 3.63) is 46.6 Å². The first-order valence-electron chi connectivity index (χ1n) is 7.88. The lowest BCUT2D eigenvalue weighted by molar-refractivity contribution is -0.543. The summed E-state index contributed by atoms with van der Waals surface area (Å²) >= 11 is 0. The highest BCUT2D eigenvalue weighted by Crippen LogP contribution is 2.26. The molecule has 0 aliphatic heterocycles. The Labute approximate surface area is 142 Å². The maximum absolute atomic E-state index is 12.3. The topological polar surface area (TPSA) is 72.2 Å². The molecule has 2 heterocycles. The average Bonchev–Trinajstić information content (AvgIpc) is 2.52. The van der Waals surface area contributed by atoms with Crippen LogP contribution in [0.5, 0.6) is 0 Å². The van der Waals surface area contributed by atoms with E-state index >= 15 is 0 Å². The van der Waals surface area contributed by atoms with Crippen molar-refractivity contribution in [1.29, 1.82) is 0 Å². The van der Waals surface area contributed by atoms with E-state index in [1.807, 2.05) is 47.6 Å². The van der Waals surface area contributed by atoms with E-state index in [9.17, 15) is 10.1 Å². The van der Waals surface area contributed by atoms with Gasteiger partial charge in [0.1, 0.15) is 17.6 Å². The van der Waals surface area contributed by atoms with Crippen LogP contribution in [-0.2, 0) is 0 Å². The summed E-state index contributed by atoms with van der Waals surface area (Å²) in [5.41, 5.74) is 0.279. The third-order valence-electron chi connectivity index (χ3n) is 3.41. The zero-order valence-corrected chi connectivity index (χ0v) is 15.1. The molecule has 0 aromatic carbocycles. The Kier molecular flexibility index (Phi) is 4.71. The van der Waals surface area contributed by atoms with Crippen LogP contribution in [0.15, 0.2) is 36.5 Å². The highest BCUT2D eigenvalue weighted by Gasteiger charge is 2.28. The number of anilines is 1. The Morgan fingerprint density at radius 3 is 2.21 bits per heavy atom. The van der Waals surface area contributed by atoms with Gasteiger partial charge in [0.2, 0.25) is 0 Å². The van der Waals surface area contributed by atoms with Gasteiger partial charge in [0.25, 0.3) is 0 Å². The number of rotatable bonds is 3. The quantitative estimate of drug-likeness (QED) is 0.614. The van der Waals surface area contributed by atoms with Crippen molar-refractivity contribution in [3.8, 4) is 11.3 Å². The van der Waals surface area contributed by atoms with Gasteiger partial charge in [-0.3, -0.25) is 0 Å². The van der Waals surface area contributed by atoms with E-state index in [-0.39, 0.29) is 0 Å². The summed E-state index contributed by atoms with van der Waals surface area (Å²) in [6.07, 6.45) is 1.60. The lowest BCUT2D eigenvalue weighted by Gasteiger charge is -2.42. The second-order valence-electron chi connectivity index (χ2n) is 7.72. The standard InChI is InChI=1S/C18H24N4O2/c1-17(2,3)21(23)15-11-10-13(12-19-15)14-8-7-9-16(20-14)22(24)18(4,5)6/h7-12H,1-6H3. The monoisotopic (exact) mass is 328 g/mol. The molecule has 0 saturated heterocycles. The first-order valence-corrected chi connectivity index (χ1v) is 7.88. The fraction of sp³-hybridized carbons (Fsp3) is 0.444. The van der Waals surface area contributed by atoms with Gasteiger partial charge in [-0.2, -0.15) is 0 Å².